The van der Waals surface area contributed by atoms with E-state index in [1.54, 1.807) is 0 Å². The first-order chi connectivity index (χ1) is 29.3. The Morgan fingerprint density at radius 2 is 0.695 bits per heavy atom. The summed E-state index contributed by atoms with van der Waals surface area (Å²) in [5.74, 6) is 1.90. The van der Waals surface area contributed by atoms with Crippen molar-refractivity contribution < 1.29 is 0 Å². The molecular formula is C53H34N6. The van der Waals surface area contributed by atoms with Gasteiger partial charge in [-0.1, -0.05) is 146 Å². The van der Waals surface area contributed by atoms with Gasteiger partial charge in [-0.25, -0.2) is 15.0 Å². The van der Waals surface area contributed by atoms with E-state index in [0.717, 1.165) is 50.3 Å². The van der Waals surface area contributed by atoms with Crippen LogP contribution < -0.4 is 0 Å². The molecule has 0 saturated carbocycles. The summed E-state index contributed by atoms with van der Waals surface area (Å²) in [4.78, 5) is 15.1. The predicted molar refractivity (Wildman–Crippen MR) is 242 cm³/mol. The van der Waals surface area contributed by atoms with Crippen LogP contribution >= 0.6 is 0 Å². The summed E-state index contributed by atoms with van der Waals surface area (Å²) in [6.45, 7) is 0. The van der Waals surface area contributed by atoms with Gasteiger partial charge in [-0.2, -0.15) is 0 Å². The number of nitrogens with zero attached hydrogens (tertiary/aromatic N) is 6. The van der Waals surface area contributed by atoms with E-state index in [-0.39, 0.29) is 0 Å². The third kappa shape index (κ3) is 5.17. The Kier molecular flexibility index (Phi) is 7.43. The number of fused-ring (bicyclic) bond motifs is 9. The van der Waals surface area contributed by atoms with Crippen molar-refractivity contribution in [2.45, 2.75) is 0 Å². The average Bonchev–Trinajstić information content (AvgIpc) is 3.95. The smallest absolute Gasteiger partial charge is 0.164 e. The minimum Gasteiger partial charge on any atom is -0.309 e. The maximum absolute atomic E-state index is 5.08. The first-order valence-corrected chi connectivity index (χ1v) is 19.9. The molecule has 12 aromatic rings. The fraction of sp³-hybridized carbons (Fsp3) is 0. The molecule has 0 aliphatic carbocycles. The zero-order valence-corrected chi connectivity index (χ0v) is 31.8. The van der Waals surface area contributed by atoms with Crippen LogP contribution in [0.1, 0.15) is 0 Å². The summed E-state index contributed by atoms with van der Waals surface area (Å²) in [5.41, 5.74) is 13.0. The molecule has 0 aliphatic heterocycles. The summed E-state index contributed by atoms with van der Waals surface area (Å²) in [7, 11) is 0. The molecular weight excluding hydrogens is 721 g/mol. The van der Waals surface area contributed by atoms with E-state index in [1.165, 1.54) is 38.1 Å². The molecule has 0 N–H and O–H groups in total. The molecule has 4 heterocycles. The van der Waals surface area contributed by atoms with Gasteiger partial charge in [0, 0.05) is 55.3 Å². The van der Waals surface area contributed by atoms with Gasteiger partial charge in [0.1, 0.15) is 0 Å². The van der Waals surface area contributed by atoms with E-state index >= 15 is 0 Å². The van der Waals surface area contributed by atoms with Gasteiger partial charge in [-0.05, 0) is 60.7 Å². The van der Waals surface area contributed by atoms with Gasteiger partial charge in [0.2, 0.25) is 0 Å². The van der Waals surface area contributed by atoms with Crippen molar-refractivity contribution in [2.75, 3.05) is 0 Å². The number of hydrogen-bond donors (Lipinski definition) is 0. The van der Waals surface area contributed by atoms with Crippen LogP contribution in [0.25, 0.3) is 106 Å². The Balaban J connectivity index is 1.16. The molecule has 0 amide bonds. The molecule has 4 aromatic heterocycles. The summed E-state index contributed by atoms with van der Waals surface area (Å²) in [5, 5.41) is 4.82. The SMILES string of the molecule is c1ccc(-c2nc(-c3ccccc3)nc(-c3cccc(-n4c5ccccc5c5c6c(ccc54)n(-c4ccccc4)c4c5ccccc5n(-c5ccccc5)c64)c3)n2)cc1. The van der Waals surface area contributed by atoms with Crippen LogP contribution in [0.3, 0.4) is 0 Å². The van der Waals surface area contributed by atoms with Crippen LogP contribution in [0.2, 0.25) is 0 Å². The Bertz CT molecular complexity index is 3430. The molecule has 8 aromatic carbocycles. The number of aromatic nitrogens is 6. The Labute approximate surface area is 339 Å². The average molecular weight is 755 g/mol. The molecule has 0 atom stereocenters. The lowest BCUT2D eigenvalue weighted by Gasteiger charge is -2.12. The molecule has 0 radical (unpaired) electrons. The zero-order valence-electron chi connectivity index (χ0n) is 31.8. The molecule has 0 bridgehead atoms. The lowest BCUT2D eigenvalue weighted by Crippen LogP contribution is -2.01. The molecule has 12 rings (SSSR count). The Morgan fingerprint density at radius 3 is 1.29 bits per heavy atom. The number of benzene rings is 8. The second-order valence-corrected chi connectivity index (χ2v) is 14.9. The van der Waals surface area contributed by atoms with Crippen molar-refractivity contribution in [3.05, 3.63) is 206 Å². The van der Waals surface area contributed by atoms with Gasteiger partial charge in [0.15, 0.2) is 17.5 Å². The van der Waals surface area contributed by atoms with Crippen LogP contribution in [-0.2, 0) is 0 Å². The third-order valence-electron chi connectivity index (χ3n) is 11.5. The first-order valence-electron chi connectivity index (χ1n) is 19.9. The second-order valence-electron chi connectivity index (χ2n) is 14.9. The second kappa shape index (κ2) is 13.3. The molecule has 59 heavy (non-hydrogen) atoms. The maximum atomic E-state index is 5.08. The number of hydrogen-bond acceptors (Lipinski definition) is 3. The molecule has 0 spiro atoms. The van der Waals surface area contributed by atoms with E-state index in [0.29, 0.717) is 17.5 Å². The van der Waals surface area contributed by atoms with Crippen LogP contribution in [0, 0.1) is 0 Å². The van der Waals surface area contributed by atoms with Crippen LogP contribution in [-0.4, -0.2) is 28.7 Å². The minimum absolute atomic E-state index is 0.622. The minimum atomic E-state index is 0.622. The molecule has 0 fully saturated rings. The van der Waals surface area contributed by atoms with Crippen LogP contribution in [0.4, 0.5) is 0 Å². The summed E-state index contributed by atoms with van der Waals surface area (Å²) in [6.07, 6.45) is 0. The largest absolute Gasteiger partial charge is 0.309 e. The van der Waals surface area contributed by atoms with Crippen molar-refractivity contribution in [3.63, 3.8) is 0 Å². The van der Waals surface area contributed by atoms with E-state index in [1.807, 2.05) is 60.7 Å². The highest BCUT2D eigenvalue weighted by atomic mass is 15.1. The van der Waals surface area contributed by atoms with Gasteiger partial charge in [0.25, 0.3) is 0 Å². The van der Waals surface area contributed by atoms with Crippen molar-refractivity contribution in [3.8, 4) is 51.2 Å². The molecule has 6 nitrogen and oxygen atoms in total. The first kappa shape index (κ1) is 33.1. The van der Waals surface area contributed by atoms with Crippen LogP contribution in [0.5, 0.6) is 0 Å². The van der Waals surface area contributed by atoms with Crippen LogP contribution in [0.15, 0.2) is 206 Å². The molecule has 0 saturated heterocycles. The molecule has 0 unspecified atom stereocenters. The fourth-order valence-corrected chi connectivity index (χ4v) is 8.97. The van der Waals surface area contributed by atoms with Gasteiger partial charge in [-0.3, -0.25) is 0 Å². The highest BCUT2D eigenvalue weighted by Gasteiger charge is 2.26. The monoisotopic (exact) mass is 754 g/mol. The van der Waals surface area contributed by atoms with E-state index in [9.17, 15) is 0 Å². The summed E-state index contributed by atoms with van der Waals surface area (Å²) >= 11 is 0. The lowest BCUT2D eigenvalue weighted by molar-refractivity contribution is 1.07. The van der Waals surface area contributed by atoms with Crippen molar-refractivity contribution in [1.29, 1.82) is 0 Å². The third-order valence-corrected chi connectivity index (χ3v) is 11.5. The topological polar surface area (TPSA) is 53.5 Å². The van der Waals surface area contributed by atoms with Gasteiger partial charge < -0.3 is 13.7 Å². The highest BCUT2D eigenvalue weighted by Crippen LogP contribution is 2.46. The summed E-state index contributed by atoms with van der Waals surface area (Å²) < 4.78 is 7.30. The van der Waals surface area contributed by atoms with Gasteiger partial charge in [0.05, 0.1) is 33.1 Å². The normalized spacial score (nSPS) is 11.7. The van der Waals surface area contributed by atoms with Gasteiger partial charge >= 0.3 is 0 Å². The number of para-hydroxylation sites is 4. The van der Waals surface area contributed by atoms with Crippen molar-refractivity contribution in [1.82, 2.24) is 28.7 Å². The van der Waals surface area contributed by atoms with E-state index in [4.69, 9.17) is 15.0 Å². The van der Waals surface area contributed by atoms with Crippen molar-refractivity contribution >= 4 is 54.6 Å². The Morgan fingerprint density at radius 1 is 0.271 bits per heavy atom. The molecule has 0 aliphatic rings. The number of rotatable bonds is 6. The van der Waals surface area contributed by atoms with Gasteiger partial charge in [-0.15, -0.1) is 0 Å². The standard InChI is InChI=1S/C53H34N6/c1-5-18-35(19-6-1)51-54-52(36-20-7-2-8-21-36)56-53(55-51)37-22-17-27-40(34-37)57-43-30-15-13-28-41(43)47-45(57)32-33-46-48(47)50-49(59(46)39-25-11-4-12-26-39)42-29-14-16-31-44(42)58(50)38-23-9-3-10-24-38/h1-34H. The fourth-order valence-electron chi connectivity index (χ4n) is 8.97. The highest BCUT2D eigenvalue weighted by molar-refractivity contribution is 6.31. The lowest BCUT2D eigenvalue weighted by atomic mass is 10.1. The predicted octanol–water partition coefficient (Wildman–Crippen LogP) is 13.0. The van der Waals surface area contributed by atoms with Crippen molar-refractivity contribution in [2.24, 2.45) is 0 Å². The quantitative estimate of drug-likeness (QED) is 0.170. The maximum Gasteiger partial charge on any atom is 0.164 e. The molecule has 276 valence electrons. The zero-order chi connectivity index (χ0) is 38.9. The Hall–Kier alpha value is -8.09. The summed E-state index contributed by atoms with van der Waals surface area (Å²) in [6, 6.07) is 72.5. The van der Waals surface area contributed by atoms with E-state index in [2.05, 4.69) is 159 Å². The molecule has 6 heteroatoms. The van der Waals surface area contributed by atoms with E-state index < -0.39 is 0 Å².